The Morgan fingerprint density at radius 1 is 1.32 bits per heavy atom. The molecule has 1 unspecified atom stereocenters. The molecule has 1 aromatic heterocycles. The predicted molar refractivity (Wildman–Crippen MR) is 95.6 cm³/mol. The Balaban J connectivity index is 1.93. The highest BCUT2D eigenvalue weighted by Gasteiger charge is 2.18. The number of likely N-dealkylation sites (N-methyl/N-ethyl adjacent to an activating group) is 1. The molecule has 0 aliphatic rings. The Labute approximate surface area is 148 Å². The molecule has 0 bridgehead atoms. The number of nitrogens with zero attached hydrogens (tertiary/aromatic N) is 1. The predicted octanol–water partition coefficient (Wildman–Crippen LogP) is 2.82. The summed E-state index contributed by atoms with van der Waals surface area (Å²) in [7, 11) is 3.54. The fraction of sp³-hybridized carbons (Fsp3) is 0.421. The number of nitrogens with one attached hydrogen (secondary N) is 1. The topological polar surface area (TPSA) is 63.9 Å². The van der Waals surface area contributed by atoms with Gasteiger partial charge in [0.05, 0.1) is 32.6 Å². The van der Waals surface area contributed by atoms with E-state index in [9.17, 15) is 4.79 Å². The van der Waals surface area contributed by atoms with Gasteiger partial charge in [-0.2, -0.15) is 0 Å². The fourth-order valence-electron chi connectivity index (χ4n) is 2.45. The summed E-state index contributed by atoms with van der Waals surface area (Å²) in [5.41, 5.74) is 1.05. The summed E-state index contributed by atoms with van der Waals surface area (Å²) >= 11 is 0. The molecule has 1 aromatic carbocycles. The number of carbonyl (C=O) groups is 1. The Morgan fingerprint density at radius 2 is 2.12 bits per heavy atom. The third-order valence-corrected chi connectivity index (χ3v) is 4.02. The van der Waals surface area contributed by atoms with Gasteiger partial charge in [-0.1, -0.05) is 6.07 Å². The van der Waals surface area contributed by atoms with Crippen LogP contribution in [0.2, 0.25) is 0 Å². The molecule has 6 heteroatoms. The zero-order valence-corrected chi connectivity index (χ0v) is 15.2. The minimum atomic E-state index is -0.271. The van der Waals surface area contributed by atoms with Crippen LogP contribution in [0.5, 0.6) is 11.5 Å². The van der Waals surface area contributed by atoms with Gasteiger partial charge in [-0.15, -0.1) is 0 Å². The van der Waals surface area contributed by atoms with Gasteiger partial charge in [-0.25, -0.2) is 0 Å². The van der Waals surface area contributed by atoms with E-state index >= 15 is 0 Å². The maximum Gasteiger partial charge on any atom is 0.237 e. The first kappa shape index (κ1) is 18.9. The highest BCUT2D eigenvalue weighted by atomic mass is 16.5. The molecule has 0 saturated carbocycles. The van der Waals surface area contributed by atoms with Crippen molar-refractivity contribution in [1.29, 1.82) is 0 Å². The summed E-state index contributed by atoms with van der Waals surface area (Å²) in [5, 5.41) is 2.88. The number of amides is 1. The van der Waals surface area contributed by atoms with Gasteiger partial charge in [0.15, 0.2) is 11.5 Å². The molecule has 1 atom stereocenters. The van der Waals surface area contributed by atoms with Crippen LogP contribution in [0.25, 0.3) is 0 Å². The molecule has 1 N–H and O–H groups in total. The van der Waals surface area contributed by atoms with Gasteiger partial charge < -0.3 is 19.2 Å². The van der Waals surface area contributed by atoms with Crippen LogP contribution >= 0.6 is 0 Å². The van der Waals surface area contributed by atoms with Crippen LogP contribution in [0.1, 0.15) is 25.2 Å². The zero-order chi connectivity index (χ0) is 18.2. The van der Waals surface area contributed by atoms with Gasteiger partial charge in [0, 0.05) is 6.54 Å². The number of hydrogen-bond donors (Lipinski definition) is 1. The Hall–Kier alpha value is -2.47. The standard InChI is InChI=1S/C19H26N2O4/c1-5-24-17-9-8-15(11-18(17)23-4)13-21(3)14(2)19(22)20-12-16-7-6-10-25-16/h6-11,14H,5,12-13H2,1-4H3,(H,20,22). The van der Waals surface area contributed by atoms with Crippen molar-refractivity contribution in [3.05, 3.63) is 47.9 Å². The number of methoxy groups -OCH3 is 1. The zero-order valence-electron chi connectivity index (χ0n) is 15.2. The van der Waals surface area contributed by atoms with E-state index in [2.05, 4.69) is 5.32 Å². The number of furan rings is 1. The van der Waals surface area contributed by atoms with Crippen LogP contribution in [-0.2, 0) is 17.9 Å². The summed E-state index contributed by atoms with van der Waals surface area (Å²) in [6, 6.07) is 9.18. The molecule has 0 fully saturated rings. The lowest BCUT2D eigenvalue weighted by atomic mass is 10.1. The molecule has 0 saturated heterocycles. The second-order valence-corrected chi connectivity index (χ2v) is 5.81. The van der Waals surface area contributed by atoms with E-state index in [0.717, 1.165) is 17.1 Å². The molecule has 0 radical (unpaired) electrons. The number of carbonyl (C=O) groups excluding carboxylic acids is 1. The minimum absolute atomic E-state index is 0.0446. The van der Waals surface area contributed by atoms with Crippen molar-refractivity contribution >= 4 is 5.91 Å². The summed E-state index contributed by atoms with van der Waals surface area (Å²) in [4.78, 5) is 14.3. The van der Waals surface area contributed by atoms with Crippen molar-refractivity contribution in [3.8, 4) is 11.5 Å². The second-order valence-electron chi connectivity index (χ2n) is 5.81. The highest BCUT2D eigenvalue weighted by Crippen LogP contribution is 2.28. The molecule has 6 nitrogen and oxygen atoms in total. The highest BCUT2D eigenvalue weighted by molar-refractivity contribution is 5.81. The van der Waals surface area contributed by atoms with Crippen LogP contribution in [-0.4, -0.2) is 37.6 Å². The van der Waals surface area contributed by atoms with Crippen molar-refractivity contribution in [2.75, 3.05) is 20.8 Å². The van der Waals surface area contributed by atoms with Crippen molar-refractivity contribution in [2.24, 2.45) is 0 Å². The van der Waals surface area contributed by atoms with E-state index in [4.69, 9.17) is 13.9 Å². The summed E-state index contributed by atoms with van der Waals surface area (Å²) in [6.07, 6.45) is 1.59. The molecule has 0 aliphatic carbocycles. The molecular weight excluding hydrogens is 320 g/mol. The minimum Gasteiger partial charge on any atom is -0.493 e. The average molecular weight is 346 g/mol. The molecule has 2 aromatic rings. The van der Waals surface area contributed by atoms with Gasteiger partial charge in [-0.05, 0) is 50.7 Å². The van der Waals surface area contributed by atoms with Gasteiger partial charge in [0.2, 0.25) is 5.91 Å². The van der Waals surface area contributed by atoms with Gasteiger partial charge in [-0.3, -0.25) is 9.69 Å². The van der Waals surface area contributed by atoms with Crippen molar-refractivity contribution in [2.45, 2.75) is 33.0 Å². The lowest BCUT2D eigenvalue weighted by molar-refractivity contribution is -0.125. The molecule has 1 heterocycles. The first-order chi connectivity index (χ1) is 12.0. The molecule has 0 aliphatic heterocycles. The molecule has 2 rings (SSSR count). The Kier molecular flexibility index (Phi) is 6.89. The summed E-state index contributed by atoms with van der Waals surface area (Å²) < 4.78 is 16.1. The SMILES string of the molecule is CCOc1ccc(CN(C)C(C)C(=O)NCc2ccco2)cc1OC. The number of ether oxygens (including phenoxy) is 2. The third kappa shape index (κ3) is 5.26. The van der Waals surface area contributed by atoms with Crippen molar-refractivity contribution in [1.82, 2.24) is 10.2 Å². The van der Waals surface area contributed by atoms with E-state index < -0.39 is 0 Å². The monoisotopic (exact) mass is 346 g/mol. The Morgan fingerprint density at radius 3 is 2.76 bits per heavy atom. The molecular formula is C19H26N2O4. The van der Waals surface area contributed by atoms with Gasteiger partial charge >= 0.3 is 0 Å². The van der Waals surface area contributed by atoms with E-state index in [-0.39, 0.29) is 11.9 Å². The fourth-order valence-corrected chi connectivity index (χ4v) is 2.45. The first-order valence-corrected chi connectivity index (χ1v) is 8.35. The molecule has 136 valence electrons. The van der Waals surface area contributed by atoms with E-state index in [0.29, 0.717) is 25.4 Å². The third-order valence-electron chi connectivity index (χ3n) is 4.02. The molecule has 0 spiro atoms. The second kappa shape index (κ2) is 9.13. The number of hydrogen-bond acceptors (Lipinski definition) is 5. The normalized spacial score (nSPS) is 12.0. The number of benzene rings is 1. The number of rotatable bonds is 9. The van der Waals surface area contributed by atoms with E-state index in [1.807, 2.05) is 50.1 Å². The van der Waals surface area contributed by atoms with Crippen LogP contribution in [0.15, 0.2) is 41.0 Å². The summed E-state index contributed by atoms with van der Waals surface area (Å²) in [5.74, 6) is 2.11. The molecule has 25 heavy (non-hydrogen) atoms. The average Bonchev–Trinajstić information content (AvgIpc) is 3.13. The quantitative estimate of drug-likeness (QED) is 0.756. The molecule has 1 amide bonds. The van der Waals surface area contributed by atoms with Crippen LogP contribution < -0.4 is 14.8 Å². The maximum atomic E-state index is 12.3. The van der Waals surface area contributed by atoms with Crippen LogP contribution in [0, 0.1) is 0 Å². The Bertz CT molecular complexity index is 670. The maximum absolute atomic E-state index is 12.3. The largest absolute Gasteiger partial charge is 0.493 e. The van der Waals surface area contributed by atoms with Gasteiger partial charge in [0.1, 0.15) is 5.76 Å². The lowest BCUT2D eigenvalue weighted by Gasteiger charge is -2.24. The van der Waals surface area contributed by atoms with Crippen molar-refractivity contribution < 1.29 is 18.7 Å². The van der Waals surface area contributed by atoms with Crippen LogP contribution in [0.4, 0.5) is 0 Å². The van der Waals surface area contributed by atoms with E-state index in [1.165, 1.54) is 0 Å². The van der Waals surface area contributed by atoms with Gasteiger partial charge in [0.25, 0.3) is 0 Å². The first-order valence-electron chi connectivity index (χ1n) is 8.35. The lowest BCUT2D eigenvalue weighted by Crippen LogP contribution is -2.42. The van der Waals surface area contributed by atoms with Crippen molar-refractivity contribution in [3.63, 3.8) is 0 Å². The van der Waals surface area contributed by atoms with Crippen LogP contribution in [0.3, 0.4) is 0 Å². The van der Waals surface area contributed by atoms with E-state index in [1.54, 1.807) is 19.4 Å². The summed E-state index contributed by atoms with van der Waals surface area (Å²) in [6.45, 7) is 5.41. The smallest absolute Gasteiger partial charge is 0.237 e.